The number of anilines is 1. The van der Waals surface area contributed by atoms with E-state index in [2.05, 4.69) is 33.1 Å². The van der Waals surface area contributed by atoms with E-state index in [0.717, 1.165) is 32.5 Å². The molecule has 1 fully saturated rings. The Hall–Kier alpha value is -4.08. The second kappa shape index (κ2) is 14.3. The molecule has 0 aromatic heterocycles. The van der Waals surface area contributed by atoms with Gasteiger partial charge in [0.15, 0.2) is 0 Å². The van der Waals surface area contributed by atoms with E-state index in [-0.39, 0.29) is 23.1 Å². The minimum absolute atomic E-state index is 0.00129. The minimum Gasteiger partial charge on any atom is -0.496 e. The monoisotopic (exact) mass is 703 g/mol. The topological polar surface area (TPSA) is 119 Å². The molecule has 45 heavy (non-hydrogen) atoms. The van der Waals surface area contributed by atoms with Crippen LogP contribution in [0.4, 0.5) is 5.69 Å². The molecule has 0 bridgehead atoms. The van der Waals surface area contributed by atoms with Gasteiger partial charge in [-0.2, -0.15) is 0 Å². The smallest absolute Gasteiger partial charge is 0.241 e. The number of sulfonamides is 1. The van der Waals surface area contributed by atoms with Gasteiger partial charge >= 0.3 is 0 Å². The quantitative estimate of drug-likeness (QED) is 0.226. The highest BCUT2D eigenvalue weighted by Crippen LogP contribution is 2.46. The van der Waals surface area contributed by atoms with E-state index in [0.29, 0.717) is 18.7 Å². The third kappa shape index (κ3) is 8.15. The Morgan fingerprint density at radius 2 is 1.64 bits per heavy atom. The number of ether oxygens (including phenoxy) is 1. The molecular formula is C34H30BrN3O5S2. The maximum Gasteiger partial charge on any atom is 0.241 e. The number of carbonyl (C=O) groups excluding carboxylic acids is 2. The fourth-order valence-electron chi connectivity index (χ4n) is 4.82. The first-order valence-corrected chi connectivity index (χ1v) is 17.3. The van der Waals surface area contributed by atoms with Gasteiger partial charge in [-0.15, -0.1) is 11.8 Å². The fraction of sp³-hybridized carbons (Fsp3) is 0.176. The number of methoxy groups -OCH3 is 1. The maximum atomic E-state index is 13.8. The van der Waals surface area contributed by atoms with E-state index in [4.69, 9.17) is 9.88 Å². The van der Waals surface area contributed by atoms with Gasteiger partial charge in [-0.25, -0.2) is 13.6 Å². The predicted molar refractivity (Wildman–Crippen MR) is 180 cm³/mol. The lowest BCUT2D eigenvalue weighted by molar-refractivity contribution is -0.124. The van der Waals surface area contributed by atoms with Crippen LogP contribution in [-0.4, -0.2) is 39.1 Å². The van der Waals surface area contributed by atoms with Gasteiger partial charge in [0.1, 0.15) is 11.1 Å². The number of carbonyl (C=O) groups is 2. The molecule has 4 aromatic rings. The second-order valence-electron chi connectivity index (χ2n) is 10.2. The van der Waals surface area contributed by atoms with Gasteiger partial charge in [0.25, 0.3) is 0 Å². The summed E-state index contributed by atoms with van der Waals surface area (Å²) in [5.74, 6) is 6.56. The summed E-state index contributed by atoms with van der Waals surface area (Å²) in [5.41, 5.74) is 4.11. The molecule has 1 heterocycles. The van der Waals surface area contributed by atoms with Crippen LogP contribution in [0.15, 0.2) is 106 Å². The van der Waals surface area contributed by atoms with E-state index in [1.165, 1.54) is 23.9 Å². The van der Waals surface area contributed by atoms with Crippen LogP contribution in [0.3, 0.4) is 0 Å². The van der Waals surface area contributed by atoms with Crippen LogP contribution in [0, 0.1) is 11.8 Å². The van der Waals surface area contributed by atoms with Gasteiger partial charge < -0.3 is 10.1 Å². The van der Waals surface area contributed by atoms with Crippen LogP contribution in [0.2, 0.25) is 0 Å². The molecule has 1 aliphatic heterocycles. The number of benzene rings is 4. The SMILES string of the molecule is COc1ccc(CCNC(=O)C[C@H]2S[C@@H](c3ccc(C#Cc4ccccc4)cc3)N(c3ccc(S(N)(=O)=O)cc3)C2=O)cc1Br. The van der Waals surface area contributed by atoms with E-state index < -0.39 is 20.6 Å². The van der Waals surface area contributed by atoms with E-state index in [9.17, 15) is 18.0 Å². The summed E-state index contributed by atoms with van der Waals surface area (Å²) in [6, 6.07) is 28.9. The van der Waals surface area contributed by atoms with Crippen LogP contribution in [0.5, 0.6) is 5.75 Å². The summed E-state index contributed by atoms with van der Waals surface area (Å²) in [4.78, 5) is 28.3. The van der Waals surface area contributed by atoms with Crippen molar-refractivity contribution in [3.05, 3.63) is 124 Å². The van der Waals surface area contributed by atoms with E-state index in [1.54, 1.807) is 24.1 Å². The number of nitrogens with one attached hydrogen (secondary N) is 1. The summed E-state index contributed by atoms with van der Waals surface area (Å²) >= 11 is 4.86. The first-order valence-electron chi connectivity index (χ1n) is 14.0. The zero-order valence-electron chi connectivity index (χ0n) is 24.3. The highest BCUT2D eigenvalue weighted by Gasteiger charge is 2.42. The van der Waals surface area contributed by atoms with Crippen molar-refractivity contribution in [3.63, 3.8) is 0 Å². The zero-order chi connectivity index (χ0) is 32.0. The summed E-state index contributed by atoms with van der Waals surface area (Å²) in [6.07, 6.45) is 0.615. The average Bonchev–Trinajstić information content (AvgIpc) is 3.35. The second-order valence-corrected chi connectivity index (χ2v) is 13.9. The molecule has 0 aliphatic carbocycles. The van der Waals surface area contributed by atoms with Gasteiger partial charge in [0.05, 0.1) is 21.7 Å². The Morgan fingerprint density at radius 3 is 2.27 bits per heavy atom. The number of hydrogen-bond donors (Lipinski definition) is 2. The molecule has 0 radical (unpaired) electrons. The molecule has 3 N–H and O–H groups in total. The van der Waals surface area contributed by atoms with Crippen molar-refractivity contribution >= 4 is 55.2 Å². The molecule has 5 rings (SSSR count). The highest BCUT2D eigenvalue weighted by molar-refractivity contribution is 9.10. The number of nitrogens with two attached hydrogens (primary N) is 1. The molecule has 1 saturated heterocycles. The van der Waals surface area contributed by atoms with E-state index in [1.807, 2.05) is 72.8 Å². The van der Waals surface area contributed by atoms with Gasteiger partial charge in [-0.3, -0.25) is 14.5 Å². The van der Waals surface area contributed by atoms with Gasteiger partial charge in [0.2, 0.25) is 21.8 Å². The van der Waals surface area contributed by atoms with Crippen LogP contribution < -0.4 is 20.1 Å². The molecule has 0 saturated carbocycles. The van der Waals surface area contributed by atoms with Crippen molar-refractivity contribution in [1.29, 1.82) is 0 Å². The molecule has 0 unspecified atom stereocenters. The van der Waals surface area contributed by atoms with Crippen molar-refractivity contribution in [2.24, 2.45) is 5.14 Å². The fourth-order valence-corrected chi connectivity index (χ4v) is 7.37. The summed E-state index contributed by atoms with van der Waals surface area (Å²) < 4.78 is 29.7. The van der Waals surface area contributed by atoms with Crippen molar-refractivity contribution in [3.8, 4) is 17.6 Å². The Kier molecular flexibility index (Phi) is 10.3. The van der Waals surface area contributed by atoms with Crippen LogP contribution >= 0.6 is 27.7 Å². The third-order valence-electron chi connectivity index (χ3n) is 7.13. The van der Waals surface area contributed by atoms with Crippen LogP contribution in [0.25, 0.3) is 0 Å². The largest absolute Gasteiger partial charge is 0.496 e. The first kappa shape index (κ1) is 32.3. The van der Waals surface area contributed by atoms with Crippen molar-refractivity contribution in [2.75, 3.05) is 18.6 Å². The number of nitrogens with zero attached hydrogens (tertiary/aromatic N) is 1. The lowest BCUT2D eigenvalue weighted by Crippen LogP contribution is -2.34. The summed E-state index contributed by atoms with van der Waals surface area (Å²) in [5, 5.41) is 7.13. The van der Waals surface area contributed by atoms with Gasteiger partial charge in [0, 0.05) is 29.8 Å². The average molecular weight is 705 g/mol. The van der Waals surface area contributed by atoms with Gasteiger partial charge in [-0.1, -0.05) is 48.2 Å². The molecule has 2 atom stereocenters. The number of thioether (sulfide) groups is 1. The van der Waals surface area contributed by atoms with Crippen molar-refractivity contribution in [2.45, 2.75) is 28.4 Å². The number of halogens is 1. The molecule has 230 valence electrons. The van der Waals surface area contributed by atoms with Gasteiger partial charge in [-0.05, 0) is 94.1 Å². The molecule has 2 amide bonds. The number of hydrogen-bond acceptors (Lipinski definition) is 6. The molecule has 8 nitrogen and oxygen atoms in total. The number of amides is 2. The summed E-state index contributed by atoms with van der Waals surface area (Å²) in [6.45, 7) is 0.414. The Morgan fingerprint density at radius 1 is 0.978 bits per heavy atom. The summed E-state index contributed by atoms with van der Waals surface area (Å²) in [7, 11) is -2.30. The minimum atomic E-state index is -3.90. The van der Waals surface area contributed by atoms with Crippen LogP contribution in [0.1, 0.15) is 34.0 Å². The van der Waals surface area contributed by atoms with Crippen molar-refractivity contribution < 1.29 is 22.7 Å². The Balaban J connectivity index is 1.32. The molecule has 11 heteroatoms. The molecular weight excluding hydrogens is 674 g/mol. The molecule has 0 spiro atoms. The lowest BCUT2D eigenvalue weighted by atomic mass is 10.1. The zero-order valence-corrected chi connectivity index (χ0v) is 27.5. The predicted octanol–water partition coefficient (Wildman–Crippen LogP) is 5.40. The molecule has 4 aromatic carbocycles. The Labute approximate surface area is 275 Å². The van der Waals surface area contributed by atoms with Crippen molar-refractivity contribution in [1.82, 2.24) is 5.32 Å². The first-order chi connectivity index (χ1) is 21.6. The maximum absolute atomic E-state index is 13.8. The number of primary sulfonamides is 1. The van der Waals surface area contributed by atoms with E-state index >= 15 is 0 Å². The Bertz CT molecular complexity index is 1860. The third-order valence-corrected chi connectivity index (χ3v) is 10.1. The lowest BCUT2D eigenvalue weighted by Gasteiger charge is -2.24. The molecule has 1 aliphatic rings. The van der Waals surface area contributed by atoms with Crippen LogP contribution in [-0.2, 0) is 26.0 Å². The standard InChI is InChI=1S/C34H30BrN3O5S2/c1-43-30-18-11-25(21-29(30)35)19-20-37-32(39)22-31-33(40)38(27-14-16-28(17-15-27)45(36,41)42)34(44-31)26-12-9-24(10-13-26)8-7-23-5-3-2-4-6-23/h2-6,9-18,21,31,34H,19-20,22H2,1H3,(H,37,39)(H2,36,41,42)/t31-,34+/m1/s1. The normalized spacial score (nSPS) is 16.2. The highest BCUT2D eigenvalue weighted by atomic mass is 79.9. The number of rotatable bonds is 9.